The molecule has 0 radical (unpaired) electrons. The van der Waals surface area contributed by atoms with Gasteiger partial charge in [-0.05, 0) is 29.8 Å². The van der Waals surface area contributed by atoms with Gasteiger partial charge in [0, 0.05) is 17.6 Å². The fourth-order valence-electron chi connectivity index (χ4n) is 2.03. The Labute approximate surface area is 111 Å². The van der Waals surface area contributed by atoms with E-state index in [0.717, 1.165) is 28.0 Å². The average molecular weight is 250 g/mol. The van der Waals surface area contributed by atoms with Gasteiger partial charge in [0.2, 0.25) is 0 Å². The first kappa shape index (κ1) is 11.5. The molecule has 0 fully saturated rings. The van der Waals surface area contributed by atoms with Crippen molar-refractivity contribution in [1.29, 1.82) is 0 Å². The Kier molecular flexibility index (Phi) is 2.98. The number of benzene rings is 2. The van der Waals surface area contributed by atoms with Crippen LogP contribution in [0.25, 0.3) is 10.9 Å². The van der Waals surface area contributed by atoms with Crippen molar-refractivity contribution in [3.8, 4) is 0 Å². The number of rotatable bonds is 3. The molecule has 0 atom stereocenters. The Morgan fingerprint density at radius 3 is 2.79 bits per heavy atom. The monoisotopic (exact) mass is 250 g/mol. The van der Waals surface area contributed by atoms with E-state index >= 15 is 0 Å². The van der Waals surface area contributed by atoms with Crippen LogP contribution in [0.1, 0.15) is 5.56 Å². The molecule has 0 bridgehead atoms. The molecule has 4 heteroatoms. The van der Waals surface area contributed by atoms with E-state index in [1.807, 2.05) is 48.5 Å². The zero-order valence-electron chi connectivity index (χ0n) is 10.4. The van der Waals surface area contributed by atoms with Gasteiger partial charge in [0.05, 0.1) is 5.52 Å². The third-order valence-electron chi connectivity index (χ3n) is 2.95. The quantitative estimate of drug-likeness (QED) is 0.702. The summed E-state index contributed by atoms with van der Waals surface area (Å²) in [5.74, 6) is 0.841. The van der Waals surface area contributed by atoms with Crippen molar-refractivity contribution in [2.45, 2.75) is 6.54 Å². The van der Waals surface area contributed by atoms with E-state index in [1.54, 1.807) is 6.33 Å². The maximum Gasteiger partial charge on any atom is 0.137 e. The molecule has 3 aromatic rings. The molecular formula is C15H14N4. The van der Waals surface area contributed by atoms with Crippen LogP contribution >= 0.6 is 0 Å². The van der Waals surface area contributed by atoms with Gasteiger partial charge in [-0.25, -0.2) is 9.97 Å². The summed E-state index contributed by atoms with van der Waals surface area (Å²) >= 11 is 0. The topological polar surface area (TPSA) is 63.8 Å². The molecule has 0 aliphatic heterocycles. The number of nitrogens with zero attached hydrogens (tertiary/aromatic N) is 2. The largest absolute Gasteiger partial charge is 0.399 e. The zero-order valence-corrected chi connectivity index (χ0v) is 10.4. The zero-order chi connectivity index (χ0) is 13.1. The van der Waals surface area contributed by atoms with E-state index < -0.39 is 0 Å². The van der Waals surface area contributed by atoms with Gasteiger partial charge in [-0.2, -0.15) is 0 Å². The van der Waals surface area contributed by atoms with Crippen LogP contribution in [-0.2, 0) is 6.54 Å². The van der Waals surface area contributed by atoms with Crippen molar-refractivity contribution in [3.63, 3.8) is 0 Å². The van der Waals surface area contributed by atoms with Crippen LogP contribution in [0.3, 0.4) is 0 Å². The number of hydrogen-bond donors (Lipinski definition) is 2. The Hall–Kier alpha value is -2.62. The van der Waals surface area contributed by atoms with E-state index in [-0.39, 0.29) is 0 Å². The lowest BCUT2D eigenvalue weighted by Crippen LogP contribution is -2.02. The number of aromatic nitrogens is 2. The van der Waals surface area contributed by atoms with Crippen LogP contribution in [0.15, 0.2) is 54.9 Å². The third-order valence-corrected chi connectivity index (χ3v) is 2.95. The molecule has 3 rings (SSSR count). The minimum atomic E-state index is 0.687. The summed E-state index contributed by atoms with van der Waals surface area (Å²) in [6.07, 6.45) is 1.57. The first-order valence-electron chi connectivity index (χ1n) is 6.11. The van der Waals surface area contributed by atoms with Gasteiger partial charge in [-0.1, -0.05) is 24.3 Å². The number of nitrogens with one attached hydrogen (secondary N) is 1. The minimum Gasteiger partial charge on any atom is -0.399 e. The number of fused-ring (bicyclic) bond motifs is 1. The molecule has 0 spiro atoms. The lowest BCUT2D eigenvalue weighted by molar-refractivity contribution is 1.10. The maximum absolute atomic E-state index is 5.76. The number of anilines is 2. The summed E-state index contributed by atoms with van der Waals surface area (Å²) in [7, 11) is 0. The first-order chi connectivity index (χ1) is 9.33. The summed E-state index contributed by atoms with van der Waals surface area (Å²) in [5, 5.41) is 4.35. The van der Waals surface area contributed by atoms with Gasteiger partial charge in [0.25, 0.3) is 0 Å². The molecule has 94 valence electrons. The van der Waals surface area contributed by atoms with E-state index in [2.05, 4.69) is 15.3 Å². The molecule has 1 aromatic heterocycles. The highest BCUT2D eigenvalue weighted by molar-refractivity contribution is 5.88. The number of hydrogen-bond acceptors (Lipinski definition) is 4. The van der Waals surface area contributed by atoms with Gasteiger partial charge in [0.1, 0.15) is 12.1 Å². The van der Waals surface area contributed by atoms with Crippen molar-refractivity contribution in [2.24, 2.45) is 0 Å². The molecule has 0 saturated carbocycles. The van der Waals surface area contributed by atoms with Crippen LogP contribution in [0.4, 0.5) is 11.5 Å². The van der Waals surface area contributed by atoms with Gasteiger partial charge in [-0.15, -0.1) is 0 Å². The molecule has 0 amide bonds. The number of para-hydroxylation sites is 1. The van der Waals surface area contributed by atoms with Crippen LogP contribution in [-0.4, -0.2) is 9.97 Å². The van der Waals surface area contributed by atoms with Crippen LogP contribution < -0.4 is 11.1 Å². The third kappa shape index (κ3) is 2.47. The van der Waals surface area contributed by atoms with Crippen molar-refractivity contribution >= 4 is 22.4 Å². The number of nitrogens with two attached hydrogens (primary N) is 1. The van der Waals surface area contributed by atoms with Crippen LogP contribution in [0.2, 0.25) is 0 Å². The molecule has 2 aromatic carbocycles. The van der Waals surface area contributed by atoms with Crippen LogP contribution in [0.5, 0.6) is 0 Å². The Balaban J connectivity index is 1.86. The predicted octanol–water partition coefficient (Wildman–Crippen LogP) is 2.82. The summed E-state index contributed by atoms with van der Waals surface area (Å²) in [6.45, 7) is 0.687. The highest BCUT2D eigenvalue weighted by atomic mass is 15.0. The lowest BCUT2D eigenvalue weighted by atomic mass is 10.2. The lowest BCUT2D eigenvalue weighted by Gasteiger charge is -2.08. The standard InChI is InChI=1S/C15H14N4/c16-12-5-3-4-11(8-12)9-17-15-13-6-1-2-7-14(13)18-10-19-15/h1-8,10H,9,16H2,(H,17,18,19). The highest BCUT2D eigenvalue weighted by Gasteiger charge is 2.02. The molecule has 0 unspecified atom stereocenters. The molecule has 3 N–H and O–H groups in total. The normalized spacial score (nSPS) is 10.5. The second-order valence-corrected chi connectivity index (χ2v) is 4.34. The van der Waals surface area contributed by atoms with E-state index in [1.165, 1.54) is 0 Å². The molecule has 4 nitrogen and oxygen atoms in total. The Morgan fingerprint density at radius 2 is 1.89 bits per heavy atom. The fourth-order valence-corrected chi connectivity index (χ4v) is 2.03. The Bertz CT molecular complexity index is 704. The summed E-state index contributed by atoms with van der Waals surface area (Å²) in [6, 6.07) is 15.8. The first-order valence-corrected chi connectivity index (χ1v) is 6.11. The van der Waals surface area contributed by atoms with Crippen molar-refractivity contribution in [2.75, 3.05) is 11.1 Å². The molecule has 19 heavy (non-hydrogen) atoms. The van der Waals surface area contributed by atoms with Gasteiger partial charge >= 0.3 is 0 Å². The predicted molar refractivity (Wildman–Crippen MR) is 77.7 cm³/mol. The van der Waals surface area contributed by atoms with E-state index in [0.29, 0.717) is 6.54 Å². The second-order valence-electron chi connectivity index (χ2n) is 4.34. The van der Waals surface area contributed by atoms with E-state index in [4.69, 9.17) is 5.73 Å². The minimum absolute atomic E-state index is 0.687. The molecule has 0 aliphatic rings. The van der Waals surface area contributed by atoms with Crippen molar-refractivity contribution in [1.82, 2.24) is 9.97 Å². The van der Waals surface area contributed by atoms with Gasteiger partial charge in [-0.3, -0.25) is 0 Å². The SMILES string of the molecule is Nc1cccc(CNc2ncnc3ccccc23)c1. The molecule has 0 saturated heterocycles. The highest BCUT2D eigenvalue weighted by Crippen LogP contribution is 2.19. The Morgan fingerprint density at radius 1 is 1.00 bits per heavy atom. The average Bonchev–Trinajstić information content (AvgIpc) is 2.45. The fraction of sp³-hybridized carbons (Fsp3) is 0.0667. The molecule has 0 aliphatic carbocycles. The molecule has 1 heterocycles. The van der Waals surface area contributed by atoms with E-state index in [9.17, 15) is 0 Å². The van der Waals surface area contributed by atoms with Gasteiger partial charge in [0.15, 0.2) is 0 Å². The molecular weight excluding hydrogens is 236 g/mol. The summed E-state index contributed by atoms with van der Waals surface area (Å²) < 4.78 is 0. The maximum atomic E-state index is 5.76. The van der Waals surface area contributed by atoms with Crippen molar-refractivity contribution in [3.05, 3.63) is 60.4 Å². The summed E-state index contributed by atoms with van der Waals surface area (Å²) in [4.78, 5) is 8.53. The smallest absolute Gasteiger partial charge is 0.137 e. The van der Waals surface area contributed by atoms with Gasteiger partial charge < -0.3 is 11.1 Å². The number of nitrogen functional groups attached to an aromatic ring is 1. The van der Waals surface area contributed by atoms with Crippen molar-refractivity contribution < 1.29 is 0 Å². The summed E-state index contributed by atoms with van der Waals surface area (Å²) in [5.41, 5.74) is 8.60. The second kappa shape index (κ2) is 4.94. The van der Waals surface area contributed by atoms with Crippen LogP contribution in [0, 0.1) is 0 Å².